The molecule has 13 heteroatoms. The number of alkyl halides is 3. The van der Waals surface area contributed by atoms with Crippen molar-refractivity contribution in [3.63, 3.8) is 0 Å². The smallest absolute Gasteiger partial charge is 0.390 e. The Labute approximate surface area is 221 Å². The highest BCUT2D eigenvalue weighted by molar-refractivity contribution is 6.24. The molecule has 3 aliphatic rings. The van der Waals surface area contributed by atoms with Crippen molar-refractivity contribution in [2.24, 2.45) is 17.6 Å². The fraction of sp³-hybridized carbons (Fsp3) is 0.500. The number of nitrogens with one attached hydrogen (secondary N) is 1. The number of hydrogen-bond donors (Lipinski definition) is 6. The van der Waals surface area contributed by atoms with Crippen LogP contribution in [0.4, 0.5) is 18.9 Å². The molecule has 0 spiro atoms. The molecule has 0 saturated carbocycles. The number of phenols is 1. The van der Waals surface area contributed by atoms with Crippen LogP contribution in [0.3, 0.4) is 0 Å². The molecule has 212 valence electrons. The molecule has 4 rings (SSSR count). The lowest BCUT2D eigenvalue weighted by Crippen LogP contribution is -2.57. The van der Waals surface area contributed by atoms with Gasteiger partial charge in [-0.1, -0.05) is 0 Å². The number of rotatable bonds is 6. The van der Waals surface area contributed by atoms with Crippen molar-refractivity contribution >= 4 is 23.2 Å². The second-order valence-electron chi connectivity index (χ2n) is 10.7. The normalized spacial score (nSPS) is 25.7. The number of aromatic hydroxyl groups is 1. The van der Waals surface area contributed by atoms with Gasteiger partial charge in [0.1, 0.15) is 22.8 Å². The molecule has 39 heavy (non-hydrogen) atoms. The highest BCUT2D eigenvalue weighted by Crippen LogP contribution is 2.52. The molecule has 0 fully saturated rings. The Morgan fingerprint density at radius 1 is 1.23 bits per heavy atom. The molecular weight excluding hydrogens is 523 g/mol. The fourth-order valence-electron chi connectivity index (χ4n) is 5.96. The number of hydrogen-bond acceptors (Lipinski definition) is 9. The van der Waals surface area contributed by atoms with E-state index < -0.39 is 76.4 Å². The number of nitrogens with zero attached hydrogens (tertiary/aromatic N) is 1. The Kier molecular flexibility index (Phi) is 6.97. The van der Waals surface area contributed by atoms with Crippen LogP contribution >= 0.6 is 0 Å². The number of amides is 1. The average molecular weight is 554 g/mol. The second-order valence-corrected chi connectivity index (χ2v) is 10.7. The number of Topliss-reactive ketones (excluding diaryl/α,β-unsaturated/α-hetero) is 2. The first-order valence-corrected chi connectivity index (χ1v) is 12.3. The van der Waals surface area contributed by atoms with Crippen molar-refractivity contribution < 1.29 is 48.0 Å². The minimum atomic E-state index is -4.40. The van der Waals surface area contributed by atoms with Crippen molar-refractivity contribution in [2.75, 3.05) is 19.0 Å². The van der Waals surface area contributed by atoms with Gasteiger partial charge < -0.3 is 36.4 Å². The van der Waals surface area contributed by atoms with Crippen molar-refractivity contribution in [3.05, 3.63) is 45.4 Å². The minimum Gasteiger partial charge on any atom is -0.511 e. The standard InChI is InChI=1S/C26H30F3N3O7/c1-10(8-25(27,28)29)31-9-12-6-15(32(2)3)14-5-11-4-13-7-16(33)19(24(30)38)23(37)26(13,39)22(36)17(11)21(35)18(14)20(12)34/h6,10-11,13,31,33-34,36,39H,4-5,7-9H2,1-3H3,(H2,30,38)/t10?,11-,13+,26+/m1/s1. The first-order valence-electron chi connectivity index (χ1n) is 12.3. The van der Waals surface area contributed by atoms with E-state index in [-0.39, 0.29) is 42.5 Å². The molecule has 10 nitrogen and oxygen atoms in total. The number of primary amides is 1. The van der Waals surface area contributed by atoms with Crippen LogP contribution in [0.2, 0.25) is 0 Å². The number of aliphatic hydroxyl groups is 3. The fourth-order valence-corrected chi connectivity index (χ4v) is 5.96. The maximum absolute atomic E-state index is 13.8. The van der Waals surface area contributed by atoms with Crippen LogP contribution in [-0.4, -0.2) is 69.8 Å². The Hall–Kier alpha value is -3.58. The number of aliphatic hydroxyl groups excluding tert-OH is 2. The van der Waals surface area contributed by atoms with Gasteiger partial charge in [-0.3, -0.25) is 14.4 Å². The van der Waals surface area contributed by atoms with Crippen molar-refractivity contribution in [1.82, 2.24) is 5.32 Å². The van der Waals surface area contributed by atoms with Crippen molar-refractivity contribution in [1.29, 1.82) is 0 Å². The summed E-state index contributed by atoms with van der Waals surface area (Å²) in [6, 6.07) is 0.584. The van der Waals surface area contributed by atoms with E-state index in [9.17, 15) is 48.0 Å². The van der Waals surface area contributed by atoms with Crippen LogP contribution in [0.1, 0.15) is 47.7 Å². The molecular formula is C26H30F3N3O7. The van der Waals surface area contributed by atoms with Crippen LogP contribution in [0.15, 0.2) is 28.7 Å². The number of benzene rings is 1. The predicted octanol–water partition coefficient (Wildman–Crippen LogP) is 2.08. The van der Waals surface area contributed by atoms with Crippen LogP contribution < -0.4 is 16.0 Å². The van der Waals surface area contributed by atoms with Crippen LogP contribution in [0, 0.1) is 11.8 Å². The Balaban J connectivity index is 1.80. The summed E-state index contributed by atoms with van der Waals surface area (Å²) in [4.78, 5) is 40.3. The molecule has 1 aromatic carbocycles. The molecule has 0 radical (unpaired) electrons. The SMILES string of the molecule is CC(CC(F)(F)F)NCc1cc(N(C)C)c2c(c1O)C(=O)C1=C(O)[C@]3(O)C(=O)C(C(N)=O)=C(O)C[C@@H]3C[C@@H]1C2. The number of halogens is 3. The largest absolute Gasteiger partial charge is 0.511 e. The number of nitrogens with two attached hydrogens (primary N) is 1. The highest BCUT2D eigenvalue weighted by Gasteiger charge is 2.59. The first kappa shape index (κ1) is 28.4. The Morgan fingerprint density at radius 3 is 2.44 bits per heavy atom. The summed E-state index contributed by atoms with van der Waals surface area (Å²) >= 11 is 0. The van der Waals surface area contributed by atoms with E-state index in [1.54, 1.807) is 25.1 Å². The summed E-state index contributed by atoms with van der Waals surface area (Å²) in [7, 11) is 3.38. The van der Waals surface area contributed by atoms with Gasteiger partial charge in [-0.2, -0.15) is 13.2 Å². The lowest BCUT2D eigenvalue weighted by Gasteiger charge is -2.46. The maximum atomic E-state index is 13.8. The summed E-state index contributed by atoms with van der Waals surface area (Å²) in [5, 5.41) is 46.5. The molecule has 1 aromatic rings. The molecule has 0 aliphatic heterocycles. The van der Waals surface area contributed by atoms with E-state index in [2.05, 4.69) is 5.32 Å². The molecule has 1 unspecified atom stereocenters. The van der Waals surface area contributed by atoms with E-state index in [0.717, 1.165) is 0 Å². The number of allylic oxidation sites excluding steroid dienone is 2. The number of fused-ring (bicyclic) bond motifs is 3. The third-order valence-electron chi connectivity index (χ3n) is 7.78. The zero-order chi connectivity index (χ0) is 29.2. The monoisotopic (exact) mass is 553 g/mol. The molecule has 1 amide bonds. The van der Waals surface area contributed by atoms with Gasteiger partial charge in [0.25, 0.3) is 5.91 Å². The summed E-state index contributed by atoms with van der Waals surface area (Å²) in [6.45, 7) is 1.14. The maximum Gasteiger partial charge on any atom is 0.390 e. The topological polar surface area (TPSA) is 173 Å². The summed E-state index contributed by atoms with van der Waals surface area (Å²) < 4.78 is 38.3. The molecule has 0 bridgehead atoms. The van der Waals surface area contributed by atoms with Crippen LogP contribution in [0.5, 0.6) is 5.75 Å². The molecule has 0 heterocycles. The average Bonchev–Trinajstić information content (AvgIpc) is 2.79. The summed E-state index contributed by atoms with van der Waals surface area (Å²) in [6.07, 6.45) is -5.72. The molecule has 0 aromatic heterocycles. The van der Waals surface area contributed by atoms with Gasteiger partial charge in [-0.15, -0.1) is 0 Å². The van der Waals surface area contributed by atoms with E-state index in [1.807, 2.05) is 0 Å². The minimum absolute atomic E-state index is 0.00515. The van der Waals surface area contributed by atoms with Crippen molar-refractivity contribution in [3.8, 4) is 5.75 Å². The lowest BCUT2D eigenvalue weighted by atomic mass is 9.60. The van der Waals surface area contributed by atoms with E-state index in [0.29, 0.717) is 11.3 Å². The summed E-state index contributed by atoms with van der Waals surface area (Å²) in [5.41, 5.74) is 2.25. The van der Waals surface area contributed by atoms with E-state index in [4.69, 9.17) is 5.73 Å². The highest BCUT2D eigenvalue weighted by atomic mass is 19.4. The number of phenolic OH excluding ortho intramolecular Hbond substituents is 1. The molecule has 4 atom stereocenters. The van der Waals surface area contributed by atoms with Gasteiger partial charge in [-0.05, 0) is 37.3 Å². The summed E-state index contributed by atoms with van der Waals surface area (Å²) in [5.74, 6) is -7.29. The Morgan fingerprint density at radius 2 is 1.87 bits per heavy atom. The van der Waals surface area contributed by atoms with Crippen LogP contribution in [0.25, 0.3) is 0 Å². The van der Waals surface area contributed by atoms with Gasteiger partial charge in [0.05, 0.1) is 12.0 Å². The van der Waals surface area contributed by atoms with Gasteiger partial charge >= 0.3 is 6.18 Å². The van der Waals surface area contributed by atoms with Gasteiger partial charge in [0, 0.05) is 55.8 Å². The number of ketones is 2. The molecule has 7 N–H and O–H groups in total. The third kappa shape index (κ3) is 4.63. The number of carbonyl (C=O) groups is 3. The third-order valence-corrected chi connectivity index (χ3v) is 7.78. The number of carbonyl (C=O) groups excluding carboxylic acids is 3. The number of anilines is 1. The van der Waals surface area contributed by atoms with E-state index >= 15 is 0 Å². The predicted molar refractivity (Wildman–Crippen MR) is 132 cm³/mol. The second kappa shape index (κ2) is 9.56. The molecule has 3 aliphatic carbocycles. The van der Waals surface area contributed by atoms with Gasteiger partial charge in [0.2, 0.25) is 5.78 Å². The van der Waals surface area contributed by atoms with Crippen molar-refractivity contribution in [2.45, 2.75) is 57.0 Å². The van der Waals surface area contributed by atoms with E-state index in [1.165, 1.54) is 6.92 Å². The van der Waals surface area contributed by atoms with Gasteiger partial charge in [0.15, 0.2) is 11.4 Å². The van der Waals surface area contributed by atoms with Gasteiger partial charge in [-0.25, -0.2) is 0 Å². The molecule has 0 saturated heterocycles. The quantitative estimate of drug-likeness (QED) is 0.288. The zero-order valence-electron chi connectivity index (χ0n) is 21.5. The van der Waals surface area contributed by atoms with Crippen LogP contribution in [-0.2, 0) is 22.6 Å². The first-order chi connectivity index (χ1) is 18.0. The Bertz CT molecular complexity index is 1330. The zero-order valence-corrected chi connectivity index (χ0v) is 21.5. The lowest BCUT2D eigenvalue weighted by molar-refractivity contribution is -0.144.